The number of nitrogens with one attached hydrogen (secondary N) is 1. The van der Waals surface area contributed by atoms with Gasteiger partial charge in [0.2, 0.25) is 5.89 Å². The quantitative estimate of drug-likeness (QED) is 0.680. The van der Waals surface area contributed by atoms with Crippen LogP contribution >= 0.6 is 0 Å². The zero-order valence-corrected chi connectivity index (χ0v) is 15.3. The van der Waals surface area contributed by atoms with E-state index in [0.29, 0.717) is 5.92 Å². The van der Waals surface area contributed by atoms with Gasteiger partial charge in [0.15, 0.2) is 5.76 Å². The highest BCUT2D eigenvalue weighted by molar-refractivity contribution is 5.94. The Kier molecular flexibility index (Phi) is 4.76. The molecule has 3 rings (SSSR count). The van der Waals surface area contributed by atoms with Gasteiger partial charge in [-0.05, 0) is 39.4 Å². The fraction of sp³-hybridized carbons (Fsp3) is 0.450. The summed E-state index contributed by atoms with van der Waals surface area (Å²) < 4.78 is 6.26. The molecule has 0 aliphatic carbocycles. The lowest BCUT2D eigenvalue weighted by Gasteiger charge is -2.23. The van der Waals surface area contributed by atoms with Crippen LogP contribution < -0.4 is 0 Å². The first-order chi connectivity index (χ1) is 11.5. The van der Waals surface area contributed by atoms with Gasteiger partial charge in [-0.2, -0.15) is 0 Å². The third-order valence-corrected chi connectivity index (χ3v) is 4.88. The Labute approximate surface area is 143 Å². The smallest absolute Gasteiger partial charge is 0.212 e. The maximum atomic E-state index is 6.26. The molecule has 4 heteroatoms. The van der Waals surface area contributed by atoms with Gasteiger partial charge in [-0.1, -0.05) is 38.5 Å². The molecule has 0 radical (unpaired) electrons. The molecular formula is C20H27N3O. The number of oxazole rings is 1. The summed E-state index contributed by atoms with van der Waals surface area (Å²) >= 11 is 0. The van der Waals surface area contributed by atoms with Crippen LogP contribution in [0.15, 0.2) is 34.9 Å². The van der Waals surface area contributed by atoms with E-state index in [4.69, 9.17) is 9.40 Å². The number of hydrogen-bond acceptors (Lipinski definition) is 3. The molecule has 0 spiro atoms. The van der Waals surface area contributed by atoms with Crippen molar-refractivity contribution in [2.24, 2.45) is 5.92 Å². The van der Waals surface area contributed by atoms with Gasteiger partial charge >= 0.3 is 0 Å². The molecule has 0 amide bonds. The molecule has 128 valence electrons. The number of aromatic amines is 1. The van der Waals surface area contributed by atoms with Crippen molar-refractivity contribution in [3.05, 3.63) is 42.0 Å². The molecule has 0 bridgehead atoms. The Morgan fingerprint density at radius 1 is 1.25 bits per heavy atom. The number of aryl methyl sites for hydroxylation is 1. The Morgan fingerprint density at radius 2 is 2.00 bits per heavy atom. The van der Waals surface area contributed by atoms with Gasteiger partial charge in [0.25, 0.3) is 0 Å². The summed E-state index contributed by atoms with van der Waals surface area (Å²) in [7, 11) is 4.19. The van der Waals surface area contributed by atoms with E-state index in [1.54, 1.807) is 0 Å². The van der Waals surface area contributed by atoms with E-state index in [0.717, 1.165) is 34.8 Å². The maximum absolute atomic E-state index is 6.26. The van der Waals surface area contributed by atoms with E-state index in [1.807, 2.05) is 19.2 Å². The molecule has 0 aliphatic heterocycles. The van der Waals surface area contributed by atoms with Gasteiger partial charge < -0.3 is 9.40 Å². The van der Waals surface area contributed by atoms with Crippen molar-refractivity contribution in [3.63, 3.8) is 0 Å². The third kappa shape index (κ3) is 3.11. The van der Waals surface area contributed by atoms with E-state index in [-0.39, 0.29) is 6.04 Å². The van der Waals surface area contributed by atoms with Crippen LogP contribution in [0, 0.1) is 12.8 Å². The number of benzene rings is 1. The second-order valence-electron chi connectivity index (χ2n) is 6.94. The Balaban J connectivity index is 2.00. The first kappa shape index (κ1) is 16.8. The van der Waals surface area contributed by atoms with Gasteiger partial charge in [0.1, 0.15) is 0 Å². The van der Waals surface area contributed by atoms with Crippen molar-refractivity contribution in [2.45, 2.75) is 39.7 Å². The lowest BCUT2D eigenvalue weighted by molar-refractivity contribution is 0.213. The highest BCUT2D eigenvalue weighted by Crippen LogP contribution is 2.35. The Morgan fingerprint density at radius 3 is 2.71 bits per heavy atom. The number of fused-ring (bicyclic) bond motifs is 1. The van der Waals surface area contributed by atoms with Crippen LogP contribution in [0.3, 0.4) is 0 Å². The van der Waals surface area contributed by atoms with Gasteiger partial charge in [-0.25, -0.2) is 4.98 Å². The average Bonchev–Trinajstić information content (AvgIpc) is 3.15. The fourth-order valence-corrected chi connectivity index (χ4v) is 3.15. The number of hydrogen-bond donors (Lipinski definition) is 1. The summed E-state index contributed by atoms with van der Waals surface area (Å²) in [5.41, 5.74) is 3.15. The SMILES string of the molecule is CC[C@@H](C)C[C@H](c1nc(C)c(-c2c[nH]c3ccccc23)o1)N(C)C. The van der Waals surface area contributed by atoms with E-state index < -0.39 is 0 Å². The Bertz CT molecular complexity index is 815. The summed E-state index contributed by atoms with van der Waals surface area (Å²) in [4.78, 5) is 10.3. The molecule has 0 aliphatic rings. The molecule has 0 saturated heterocycles. The molecule has 1 aromatic carbocycles. The van der Waals surface area contributed by atoms with E-state index in [1.165, 1.54) is 11.8 Å². The normalized spacial score (nSPS) is 14.4. The van der Waals surface area contributed by atoms with Crippen LogP contribution in [-0.4, -0.2) is 29.0 Å². The summed E-state index contributed by atoms with van der Waals surface area (Å²) in [5, 5.41) is 1.17. The highest BCUT2D eigenvalue weighted by Gasteiger charge is 2.24. The topological polar surface area (TPSA) is 45.1 Å². The predicted octanol–water partition coefficient (Wildman–Crippen LogP) is 5.17. The van der Waals surface area contributed by atoms with Gasteiger partial charge in [-0.3, -0.25) is 4.90 Å². The minimum Gasteiger partial charge on any atom is -0.439 e. The molecule has 2 atom stereocenters. The first-order valence-electron chi connectivity index (χ1n) is 8.71. The number of nitrogens with zero attached hydrogens (tertiary/aromatic N) is 2. The van der Waals surface area contributed by atoms with Crippen molar-refractivity contribution in [3.8, 4) is 11.3 Å². The maximum Gasteiger partial charge on any atom is 0.212 e. The molecule has 0 fully saturated rings. The zero-order chi connectivity index (χ0) is 17.3. The summed E-state index contributed by atoms with van der Waals surface area (Å²) in [6.07, 6.45) is 4.23. The lowest BCUT2D eigenvalue weighted by atomic mass is 9.99. The van der Waals surface area contributed by atoms with E-state index >= 15 is 0 Å². The number of rotatable bonds is 6. The van der Waals surface area contributed by atoms with Crippen molar-refractivity contribution in [1.29, 1.82) is 0 Å². The first-order valence-corrected chi connectivity index (χ1v) is 8.71. The summed E-state index contributed by atoms with van der Waals surface area (Å²) in [6, 6.07) is 8.49. The second kappa shape index (κ2) is 6.81. The fourth-order valence-electron chi connectivity index (χ4n) is 3.15. The Hall–Kier alpha value is -2.07. The molecule has 0 saturated carbocycles. The molecular weight excluding hydrogens is 298 g/mol. The third-order valence-electron chi connectivity index (χ3n) is 4.88. The number of para-hydroxylation sites is 1. The molecule has 2 heterocycles. The van der Waals surface area contributed by atoms with Crippen LogP contribution in [0.25, 0.3) is 22.2 Å². The van der Waals surface area contributed by atoms with Crippen molar-refractivity contribution in [1.82, 2.24) is 14.9 Å². The molecule has 3 aromatic rings. The van der Waals surface area contributed by atoms with Crippen LogP contribution in [0.5, 0.6) is 0 Å². The molecule has 24 heavy (non-hydrogen) atoms. The standard InChI is InChI=1S/C20H27N3O/c1-6-13(2)11-18(23(4)5)20-22-14(3)19(24-20)16-12-21-17-10-8-7-9-15(16)17/h7-10,12-13,18,21H,6,11H2,1-5H3/t13-,18-/m1/s1. The van der Waals surface area contributed by atoms with Crippen molar-refractivity contribution >= 4 is 10.9 Å². The van der Waals surface area contributed by atoms with Crippen LogP contribution in [-0.2, 0) is 0 Å². The molecule has 0 unspecified atom stereocenters. The van der Waals surface area contributed by atoms with Crippen molar-refractivity contribution < 1.29 is 4.42 Å². The highest BCUT2D eigenvalue weighted by atomic mass is 16.4. The van der Waals surface area contributed by atoms with Gasteiger partial charge in [0, 0.05) is 22.7 Å². The van der Waals surface area contributed by atoms with Gasteiger partial charge in [-0.15, -0.1) is 0 Å². The number of aromatic nitrogens is 2. The average molecular weight is 325 g/mol. The van der Waals surface area contributed by atoms with Crippen molar-refractivity contribution in [2.75, 3.05) is 14.1 Å². The van der Waals surface area contributed by atoms with E-state index in [9.17, 15) is 0 Å². The van der Waals surface area contributed by atoms with Crippen LogP contribution in [0.4, 0.5) is 0 Å². The summed E-state index contributed by atoms with van der Waals surface area (Å²) in [6.45, 7) is 6.54. The zero-order valence-electron chi connectivity index (χ0n) is 15.3. The number of H-pyrrole nitrogens is 1. The molecule has 4 nitrogen and oxygen atoms in total. The molecule has 1 N–H and O–H groups in total. The largest absolute Gasteiger partial charge is 0.439 e. The predicted molar refractivity (Wildman–Crippen MR) is 99.0 cm³/mol. The summed E-state index contributed by atoms with van der Waals surface area (Å²) in [5.74, 6) is 2.33. The molecule has 2 aromatic heterocycles. The van der Waals surface area contributed by atoms with Crippen LogP contribution in [0.1, 0.15) is 44.3 Å². The lowest BCUT2D eigenvalue weighted by Crippen LogP contribution is -2.22. The second-order valence-corrected chi connectivity index (χ2v) is 6.94. The van der Waals surface area contributed by atoms with E-state index in [2.05, 4.69) is 56.0 Å². The minimum absolute atomic E-state index is 0.206. The minimum atomic E-state index is 0.206. The van der Waals surface area contributed by atoms with Crippen LogP contribution in [0.2, 0.25) is 0 Å². The van der Waals surface area contributed by atoms with Gasteiger partial charge in [0.05, 0.1) is 11.7 Å². The monoisotopic (exact) mass is 325 g/mol.